The number of anilines is 1. The Labute approximate surface area is 126 Å². The zero-order chi connectivity index (χ0) is 15.7. The van der Waals surface area contributed by atoms with E-state index in [1.165, 1.54) is 12.1 Å². The third-order valence-electron chi connectivity index (χ3n) is 2.52. The summed E-state index contributed by atoms with van der Waals surface area (Å²) >= 11 is 11.4. The van der Waals surface area contributed by atoms with Crippen LogP contribution in [0.3, 0.4) is 0 Å². The molecule has 1 amide bonds. The monoisotopic (exact) mass is 337 g/mol. The summed E-state index contributed by atoms with van der Waals surface area (Å²) in [4.78, 5) is 11.9. The van der Waals surface area contributed by atoms with Crippen molar-refractivity contribution in [2.45, 2.75) is 0 Å². The molecular formula is C13H5Cl2F4NO. The van der Waals surface area contributed by atoms with Gasteiger partial charge >= 0.3 is 0 Å². The van der Waals surface area contributed by atoms with Crippen LogP contribution in [0.4, 0.5) is 23.2 Å². The third kappa shape index (κ3) is 3.11. The Balaban J connectivity index is 2.43. The smallest absolute Gasteiger partial charge is 0.257 e. The summed E-state index contributed by atoms with van der Waals surface area (Å²) in [6.45, 7) is 0. The Morgan fingerprint density at radius 1 is 0.952 bits per heavy atom. The van der Waals surface area contributed by atoms with E-state index < -0.39 is 34.9 Å². The number of hydrogen-bond donors (Lipinski definition) is 1. The van der Waals surface area contributed by atoms with Crippen molar-refractivity contribution in [2.24, 2.45) is 0 Å². The van der Waals surface area contributed by atoms with Gasteiger partial charge < -0.3 is 5.32 Å². The number of carbonyl (C=O) groups excluding carboxylic acids is 1. The predicted octanol–water partition coefficient (Wildman–Crippen LogP) is 4.80. The van der Waals surface area contributed by atoms with Crippen molar-refractivity contribution in [3.63, 3.8) is 0 Å². The van der Waals surface area contributed by atoms with Crippen LogP contribution >= 0.6 is 23.2 Å². The van der Waals surface area contributed by atoms with Crippen LogP contribution in [0.15, 0.2) is 24.3 Å². The lowest BCUT2D eigenvalue weighted by Crippen LogP contribution is -2.16. The molecule has 0 spiro atoms. The first-order chi connectivity index (χ1) is 9.81. The zero-order valence-corrected chi connectivity index (χ0v) is 11.5. The molecule has 0 saturated carbocycles. The van der Waals surface area contributed by atoms with Crippen LogP contribution in [0, 0.1) is 23.3 Å². The summed E-state index contributed by atoms with van der Waals surface area (Å²) in [5, 5.41) is 1.83. The fraction of sp³-hybridized carbons (Fsp3) is 0. The van der Waals surface area contributed by atoms with Gasteiger partial charge in [-0.1, -0.05) is 23.2 Å². The Kier molecular flexibility index (Phi) is 4.39. The average molecular weight is 338 g/mol. The van der Waals surface area contributed by atoms with Gasteiger partial charge in [0.25, 0.3) is 5.91 Å². The van der Waals surface area contributed by atoms with Gasteiger partial charge in [-0.3, -0.25) is 4.79 Å². The van der Waals surface area contributed by atoms with Crippen LogP contribution in [-0.2, 0) is 0 Å². The Bertz CT molecular complexity index is 710. The van der Waals surface area contributed by atoms with Gasteiger partial charge in [-0.2, -0.15) is 0 Å². The second kappa shape index (κ2) is 5.91. The zero-order valence-electron chi connectivity index (χ0n) is 9.99. The highest BCUT2D eigenvalue weighted by atomic mass is 35.5. The molecule has 0 bridgehead atoms. The summed E-state index contributed by atoms with van der Waals surface area (Å²) < 4.78 is 53.0. The molecule has 2 aromatic rings. The van der Waals surface area contributed by atoms with Crippen molar-refractivity contribution in [1.29, 1.82) is 0 Å². The first-order valence-corrected chi connectivity index (χ1v) is 6.16. The van der Waals surface area contributed by atoms with Crippen molar-refractivity contribution in [3.05, 3.63) is 63.1 Å². The van der Waals surface area contributed by atoms with E-state index in [4.69, 9.17) is 23.2 Å². The highest BCUT2D eigenvalue weighted by Gasteiger charge is 2.22. The number of rotatable bonds is 2. The fourth-order valence-electron chi connectivity index (χ4n) is 1.54. The summed E-state index contributed by atoms with van der Waals surface area (Å²) in [5.41, 5.74) is -1.44. The molecule has 0 heterocycles. The lowest BCUT2D eigenvalue weighted by Gasteiger charge is -2.10. The van der Waals surface area contributed by atoms with Crippen LogP contribution in [0.1, 0.15) is 10.4 Å². The topological polar surface area (TPSA) is 29.1 Å². The summed E-state index contributed by atoms with van der Waals surface area (Å²) in [5.74, 6) is -7.78. The molecule has 0 unspecified atom stereocenters. The molecule has 2 aromatic carbocycles. The first-order valence-electron chi connectivity index (χ1n) is 5.40. The molecule has 2 rings (SSSR count). The molecule has 110 valence electrons. The molecule has 2 nitrogen and oxygen atoms in total. The van der Waals surface area contributed by atoms with Gasteiger partial charge in [0.05, 0.1) is 10.6 Å². The molecule has 0 aliphatic heterocycles. The van der Waals surface area contributed by atoms with Crippen molar-refractivity contribution in [1.82, 2.24) is 0 Å². The van der Waals surface area contributed by atoms with Gasteiger partial charge in [0, 0.05) is 11.1 Å². The van der Waals surface area contributed by atoms with E-state index in [-0.39, 0.29) is 21.7 Å². The minimum Gasteiger partial charge on any atom is -0.317 e. The number of nitrogens with one attached hydrogen (secondary N) is 1. The molecule has 0 saturated heterocycles. The molecule has 0 radical (unpaired) electrons. The standard InChI is InChI=1S/C13H5Cl2F4NO/c14-5-1-2-7(15)6(3-5)13(21)20-12-10(18)8(16)4-9(17)11(12)19/h1-4H,(H,20,21). The third-order valence-corrected chi connectivity index (χ3v) is 3.09. The Morgan fingerprint density at radius 2 is 1.52 bits per heavy atom. The van der Waals surface area contributed by atoms with Crippen molar-refractivity contribution in [3.8, 4) is 0 Å². The lowest BCUT2D eigenvalue weighted by atomic mass is 10.2. The minimum atomic E-state index is -1.72. The Morgan fingerprint density at radius 3 is 2.10 bits per heavy atom. The molecule has 21 heavy (non-hydrogen) atoms. The number of carbonyl (C=O) groups is 1. The highest BCUT2D eigenvalue weighted by Crippen LogP contribution is 2.26. The van der Waals surface area contributed by atoms with E-state index in [0.29, 0.717) is 0 Å². The van der Waals surface area contributed by atoms with Crippen LogP contribution in [0.5, 0.6) is 0 Å². The van der Waals surface area contributed by atoms with E-state index >= 15 is 0 Å². The fourth-order valence-corrected chi connectivity index (χ4v) is 1.91. The summed E-state index contributed by atoms with van der Waals surface area (Å²) in [7, 11) is 0. The van der Waals surface area contributed by atoms with Crippen molar-refractivity contribution < 1.29 is 22.4 Å². The number of hydrogen-bond acceptors (Lipinski definition) is 1. The predicted molar refractivity (Wildman–Crippen MR) is 70.7 cm³/mol. The molecule has 8 heteroatoms. The molecule has 1 N–H and O–H groups in total. The molecule has 0 aliphatic rings. The van der Waals surface area contributed by atoms with E-state index in [2.05, 4.69) is 0 Å². The van der Waals surface area contributed by atoms with Crippen molar-refractivity contribution >= 4 is 34.8 Å². The molecule has 0 atom stereocenters. The van der Waals surface area contributed by atoms with Crippen molar-refractivity contribution in [2.75, 3.05) is 5.32 Å². The average Bonchev–Trinajstić information content (AvgIpc) is 2.43. The van der Waals surface area contributed by atoms with E-state index in [1.54, 1.807) is 5.32 Å². The maximum Gasteiger partial charge on any atom is 0.257 e. The summed E-state index contributed by atoms with van der Waals surface area (Å²) in [6, 6.07) is 3.86. The van der Waals surface area contributed by atoms with Gasteiger partial charge in [-0.25, -0.2) is 17.6 Å². The van der Waals surface area contributed by atoms with E-state index in [0.717, 1.165) is 6.07 Å². The largest absolute Gasteiger partial charge is 0.317 e. The second-order valence-corrected chi connectivity index (χ2v) is 4.77. The van der Waals surface area contributed by atoms with Gasteiger partial charge in [0.2, 0.25) is 0 Å². The van der Waals surface area contributed by atoms with Crippen LogP contribution in [0.25, 0.3) is 0 Å². The molecule has 0 fully saturated rings. The number of benzene rings is 2. The van der Waals surface area contributed by atoms with Gasteiger partial charge in [0.15, 0.2) is 23.3 Å². The highest BCUT2D eigenvalue weighted by molar-refractivity contribution is 6.36. The maximum atomic E-state index is 13.4. The number of amides is 1. The Hall–Kier alpha value is -1.79. The van der Waals surface area contributed by atoms with Crippen LogP contribution in [0.2, 0.25) is 10.0 Å². The quantitative estimate of drug-likeness (QED) is 0.618. The van der Waals surface area contributed by atoms with E-state index in [9.17, 15) is 22.4 Å². The van der Waals surface area contributed by atoms with Gasteiger partial charge in [0.1, 0.15) is 5.69 Å². The van der Waals surface area contributed by atoms with Crippen LogP contribution < -0.4 is 5.32 Å². The molecular weight excluding hydrogens is 333 g/mol. The summed E-state index contributed by atoms with van der Waals surface area (Å²) in [6.07, 6.45) is 0. The normalized spacial score (nSPS) is 10.6. The SMILES string of the molecule is O=C(Nc1c(F)c(F)cc(F)c1F)c1cc(Cl)ccc1Cl. The first kappa shape index (κ1) is 15.6. The second-order valence-electron chi connectivity index (χ2n) is 3.92. The maximum absolute atomic E-state index is 13.4. The van der Waals surface area contributed by atoms with Gasteiger partial charge in [-0.15, -0.1) is 0 Å². The van der Waals surface area contributed by atoms with Crippen LogP contribution in [-0.4, -0.2) is 5.91 Å². The van der Waals surface area contributed by atoms with E-state index in [1.807, 2.05) is 0 Å². The number of halogens is 6. The molecule has 0 aromatic heterocycles. The molecule has 0 aliphatic carbocycles. The lowest BCUT2D eigenvalue weighted by molar-refractivity contribution is 0.102. The minimum absolute atomic E-state index is 0.0344. The van der Waals surface area contributed by atoms with Gasteiger partial charge in [-0.05, 0) is 18.2 Å².